The van der Waals surface area contributed by atoms with Crippen molar-refractivity contribution in [3.63, 3.8) is 0 Å². The number of fused-ring (bicyclic) bond motifs is 1. The van der Waals surface area contributed by atoms with Crippen LogP contribution < -0.4 is 9.64 Å². The zero-order valence-corrected chi connectivity index (χ0v) is 15.9. The van der Waals surface area contributed by atoms with Crippen LogP contribution in [0.4, 0.5) is 5.69 Å². The van der Waals surface area contributed by atoms with Gasteiger partial charge in [0, 0.05) is 5.56 Å². The number of benzene rings is 2. The third-order valence-electron chi connectivity index (χ3n) is 4.99. The molecule has 10 nitrogen and oxygen atoms in total. The number of aromatic nitrogens is 2. The highest BCUT2D eigenvalue weighted by atomic mass is 16.5. The molecule has 1 saturated heterocycles. The summed E-state index contributed by atoms with van der Waals surface area (Å²) in [7, 11) is 1.55. The topological polar surface area (TPSA) is 113 Å². The first kappa shape index (κ1) is 18.0. The number of carbonyl (C=O) groups is 2. The largest absolute Gasteiger partial charge is 0.497 e. The number of imide groups is 1. The smallest absolute Gasteiger partial charge is 0.263 e. The third kappa shape index (κ3) is 2.89. The highest BCUT2D eigenvalue weighted by Gasteiger charge is 2.55. The van der Waals surface area contributed by atoms with Crippen molar-refractivity contribution in [3.8, 4) is 17.1 Å². The van der Waals surface area contributed by atoms with E-state index < -0.39 is 23.9 Å². The zero-order valence-electron chi connectivity index (χ0n) is 15.9. The van der Waals surface area contributed by atoms with Gasteiger partial charge in [-0.15, -0.1) is 0 Å². The van der Waals surface area contributed by atoms with Crippen molar-refractivity contribution >= 4 is 17.5 Å². The van der Waals surface area contributed by atoms with E-state index in [2.05, 4.69) is 20.5 Å². The Morgan fingerprint density at radius 3 is 2.53 bits per heavy atom. The Morgan fingerprint density at radius 2 is 1.80 bits per heavy atom. The molecular formula is C20H16N6O4. The van der Waals surface area contributed by atoms with Gasteiger partial charge in [0.2, 0.25) is 11.7 Å². The lowest BCUT2D eigenvalue weighted by Gasteiger charge is -2.19. The van der Waals surface area contributed by atoms with Gasteiger partial charge < -0.3 is 9.26 Å². The molecule has 150 valence electrons. The highest BCUT2D eigenvalue weighted by molar-refractivity contribution is 6.25. The SMILES string of the molecule is COc1ccc(N2C(=O)C3N=NN(Cc4nc(-c5ccccc5)no4)C3C2=O)cc1. The minimum absolute atomic E-state index is 0.0694. The second-order valence-electron chi connectivity index (χ2n) is 6.78. The summed E-state index contributed by atoms with van der Waals surface area (Å²) in [5, 5.41) is 13.4. The van der Waals surface area contributed by atoms with Gasteiger partial charge in [-0.25, -0.2) is 4.90 Å². The molecule has 2 aliphatic heterocycles. The van der Waals surface area contributed by atoms with Crippen LogP contribution in [0.3, 0.4) is 0 Å². The summed E-state index contributed by atoms with van der Waals surface area (Å²) in [4.78, 5) is 31.3. The van der Waals surface area contributed by atoms with E-state index in [-0.39, 0.29) is 12.4 Å². The molecule has 0 bridgehead atoms. The van der Waals surface area contributed by atoms with Gasteiger partial charge in [0.1, 0.15) is 12.3 Å². The summed E-state index contributed by atoms with van der Waals surface area (Å²) >= 11 is 0. The lowest BCUT2D eigenvalue weighted by molar-refractivity contribution is -0.123. The van der Waals surface area contributed by atoms with Crippen molar-refractivity contribution in [1.82, 2.24) is 15.1 Å². The van der Waals surface area contributed by atoms with Crippen LogP contribution in [0.5, 0.6) is 5.75 Å². The maximum absolute atomic E-state index is 13.0. The molecule has 10 heteroatoms. The predicted octanol–water partition coefficient (Wildman–Crippen LogP) is 2.24. The minimum atomic E-state index is -0.892. The van der Waals surface area contributed by atoms with Gasteiger partial charge in [0.25, 0.3) is 11.8 Å². The lowest BCUT2D eigenvalue weighted by atomic mass is 10.1. The number of nitrogens with zero attached hydrogens (tertiary/aromatic N) is 6. The first-order chi connectivity index (χ1) is 14.7. The van der Waals surface area contributed by atoms with Gasteiger partial charge in [-0.2, -0.15) is 10.1 Å². The van der Waals surface area contributed by atoms with Gasteiger partial charge >= 0.3 is 0 Å². The average molecular weight is 404 g/mol. The fourth-order valence-electron chi connectivity index (χ4n) is 3.50. The van der Waals surface area contributed by atoms with Gasteiger partial charge in [0.05, 0.1) is 12.8 Å². The van der Waals surface area contributed by atoms with E-state index in [1.807, 2.05) is 30.3 Å². The average Bonchev–Trinajstić information content (AvgIpc) is 3.47. The third-order valence-corrected chi connectivity index (χ3v) is 4.99. The molecule has 0 saturated carbocycles. The molecule has 30 heavy (non-hydrogen) atoms. The van der Waals surface area contributed by atoms with Crippen molar-refractivity contribution in [3.05, 3.63) is 60.5 Å². The van der Waals surface area contributed by atoms with Gasteiger partial charge in [-0.1, -0.05) is 40.7 Å². The van der Waals surface area contributed by atoms with Crippen LogP contribution in [-0.2, 0) is 16.1 Å². The number of anilines is 1. The molecule has 1 fully saturated rings. The van der Waals surface area contributed by atoms with Crippen molar-refractivity contribution in [2.45, 2.75) is 18.6 Å². The zero-order chi connectivity index (χ0) is 20.7. The van der Waals surface area contributed by atoms with Crippen molar-refractivity contribution in [2.75, 3.05) is 12.0 Å². The number of hydrogen-bond donors (Lipinski definition) is 0. The van der Waals surface area contributed by atoms with E-state index in [0.29, 0.717) is 17.3 Å². The number of rotatable bonds is 5. The Hall–Kier alpha value is -4.08. The Morgan fingerprint density at radius 1 is 1.03 bits per heavy atom. The summed E-state index contributed by atoms with van der Waals surface area (Å²) in [6.07, 6.45) is 0. The second kappa shape index (κ2) is 7.07. The highest BCUT2D eigenvalue weighted by Crippen LogP contribution is 2.33. The number of methoxy groups -OCH3 is 1. The summed E-state index contributed by atoms with van der Waals surface area (Å²) in [5.41, 5.74) is 1.27. The second-order valence-corrected chi connectivity index (χ2v) is 6.78. The Bertz CT molecular complexity index is 1130. The molecule has 2 amide bonds. The first-order valence-corrected chi connectivity index (χ1v) is 9.23. The number of hydrogen-bond acceptors (Lipinski definition) is 9. The maximum atomic E-state index is 13.0. The van der Waals surface area contributed by atoms with Gasteiger partial charge in [-0.05, 0) is 24.3 Å². The summed E-state index contributed by atoms with van der Waals surface area (Å²) < 4.78 is 10.4. The molecule has 2 atom stereocenters. The van der Waals surface area contributed by atoms with E-state index in [0.717, 1.165) is 10.5 Å². The maximum Gasteiger partial charge on any atom is 0.263 e. The van der Waals surface area contributed by atoms with E-state index in [1.54, 1.807) is 31.4 Å². The van der Waals surface area contributed by atoms with Crippen LogP contribution in [0.1, 0.15) is 5.89 Å². The molecule has 3 heterocycles. The molecule has 3 aromatic rings. The van der Waals surface area contributed by atoms with Gasteiger partial charge in [0.15, 0.2) is 12.1 Å². The molecule has 2 aromatic carbocycles. The van der Waals surface area contributed by atoms with Crippen LogP contribution in [0.15, 0.2) is 69.5 Å². The Balaban J connectivity index is 1.35. The predicted molar refractivity (Wildman–Crippen MR) is 103 cm³/mol. The monoisotopic (exact) mass is 404 g/mol. The van der Waals surface area contributed by atoms with Crippen LogP contribution in [0, 0.1) is 0 Å². The molecule has 1 aromatic heterocycles. The number of amides is 2. The van der Waals surface area contributed by atoms with Crippen LogP contribution in [0.2, 0.25) is 0 Å². The summed E-state index contributed by atoms with van der Waals surface area (Å²) in [6, 6.07) is 14.3. The minimum Gasteiger partial charge on any atom is -0.497 e. The number of carbonyl (C=O) groups excluding carboxylic acids is 2. The lowest BCUT2D eigenvalue weighted by Crippen LogP contribution is -2.39. The van der Waals surface area contributed by atoms with Crippen molar-refractivity contribution < 1.29 is 18.8 Å². The Kier molecular flexibility index (Phi) is 4.24. The summed E-state index contributed by atoms with van der Waals surface area (Å²) in [5.74, 6) is 0.522. The Labute approximate surface area is 170 Å². The molecule has 5 rings (SSSR count). The van der Waals surface area contributed by atoms with Crippen molar-refractivity contribution in [1.29, 1.82) is 0 Å². The van der Waals surface area contributed by atoms with Crippen LogP contribution in [-0.4, -0.2) is 46.2 Å². The van der Waals surface area contributed by atoms with Crippen LogP contribution in [0.25, 0.3) is 11.4 Å². The van der Waals surface area contributed by atoms with Crippen LogP contribution >= 0.6 is 0 Å². The quantitative estimate of drug-likeness (QED) is 0.599. The van der Waals surface area contributed by atoms with Crippen molar-refractivity contribution in [2.24, 2.45) is 10.3 Å². The molecule has 0 radical (unpaired) electrons. The fraction of sp³-hybridized carbons (Fsp3) is 0.200. The molecular weight excluding hydrogens is 388 g/mol. The van der Waals surface area contributed by atoms with E-state index in [4.69, 9.17) is 9.26 Å². The van der Waals surface area contributed by atoms with E-state index in [9.17, 15) is 9.59 Å². The molecule has 2 unspecified atom stereocenters. The molecule has 0 N–H and O–H groups in total. The normalized spacial score (nSPS) is 20.2. The first-order valence-electron chi connectivity index (χ1n) is 9.23. The molecule has 0 spiro atoms. The molecule has 2 aliphatic rings. The fourth-order valence-corrected chi connectivity index (χ4v) is 3.50. The number of ether oxygens (including phenoxy) is 1. The van der Waals surface area contributed by atoms with E-state index in [1.165, 1.54) is 5.01 Å². The summed E-state index contributed by atoms with van der Waals surface area (Å²) in [6.45, 7) is 0.0694. The standard InChI is InChI=1S/C20H16N6O4/c1-29-14-9-7-13(8-10-14)26-19(27)16-17(20(26)28)25(24-22-16)11-15-21-18(23-30-15)12-5-3-2-4-6-12/h2-10,16-17H,11H2,1H3. The van der Waals surface area contributed by atoms with Gasteiger partial charge in [-0.3, -0.25) is 14.6 Å². The van der Waals surface area contributed by atoms with E-state index >= 15 is 0 Å². The molecule has 0 aliphatic carbocycles.